The zero-order chi connectivity index (χ0) is 27.3. The molecule has 2 aromatic heterocycles. The number of carbonyl (C=O) groups excluding carboxylic acids is 1. The number of anilines is 2. The lowest BCUT2D eigenvalue weighted by atomic mass is 10.1. The molecular weight excluding hydrogens is 501 g/mol. The van der Waals surface area contributed by atoms with Crippen LogP contribution >= 0.6 is 0 Å². The number of halogens is 3. The topological polar surface area (TPSA) is 103 Å². The molecule has 2 N–H and O–H groups in total. The molecule has 0 aliphatic carbocycles. The largest absolute Gasteiger partial charge is 0.495 e. The predicted octanol–water partition coefficient (Wildman–Crippen LogP) is 4.98. The summed E-state index contributed by atoms with van der Waals surface area (Å²) in [5.41, 5.74) is 1.90. The number of aryl methyl sites for hydroxylation is 1. The number of pyridine rings is 1. The molecule has 38 heavy (non-hydrogen) atoms. The van der Waals surface area contributed by atoms with E-state index in [9.17, 15) is 18.0 Å². The van der Waals surface area contributed by atoms with Crippen molar-refractivity contribution in [3.05, 3.63) is 77.7 Å². The second-order valence-electron chi connectivity index (χ2n) is 8.29. The first-order valence-corrected chi connectivity index (χ1v) is 11.5. The number of nitrogens with zero attached hydrogens (tertiary/aromatic N) is 4. The quantitative estimate of drug-likeness (QED) is 0.297. The molecule has 0 atom stereocenters. The minimum atomic E-state index is -4.61. The van der Waals surface area contributed by atoms with Gasteiger partial charge >= 0.3 is 6.18 Å². The van der Waals surface area contributed by atoms with Gasteiger partial charge in [-0.2, -0.15) is 13.2 Å². The smallest absolute Gasteiger partial charge is 0.418 e. The molecule has 1 amide bonds. The number of aromatic nitrogens is 4. The summed E-state index contributed by atoms with van der Waals surface area (Å²) >= 11 is 0. The van der Waals surface area contributed by atoms with Gasteiger partial charge in [0.05, 0.1) is 37.4 Å². The van der Waals surface area contributed by atoms with Crippen molar-refractivity contribution in [3.63, 3.8) is 0 Å². The Kier molecular flexibility index (Phi) is 7.91. The first kappa shape index (κ1) is 26.6. The van der Waals surface area contributed by atoms with Crippen LogP contribution in [-0.4, -0.2) is 53.3 Å². The molecule has 12 heteroatoms. The van der Waals surface area contributed by atoms with Crippen LogP contribution in [0.3, 0.4) is 0 Å². The van der Waals surface area contributed by atoms with Crippen LogP contribution in [0.2, 0.25) is 0 Å². The molecule has 198 valence electrons. The fourth-order valence-corrected chi connectivity index (χ4v) is 3.68. The molecule has 2 heterocycles. The maximum Gasteiger partial charge on any atom is 0.418 e. The van der Waals surface area contributed by atoms with Gasteiger partial charge < -0.3 is 20.1 Å². The van der Waals surface area contributed by atoms with E-state index in [1.807, 2.05) is 6.92 Å². The molecule has 4 rings (SSSR count). The van der Waals surface area contributed by atoms with Gasteiger partial charge in [-0.15, -0.1) is 5.10 Å². The van der Waals surface area contributed by atoms with E-state index < -0.39 is 17.6 Å². The highest BCUT2D eigenvalue weighted by molar-refractivity contribution is 6.04. The zero-order valence-electron chi connectivity index (χ0n) is 20.8. The van der Waals surface area contributed by atoms with E-state index in [-0.39, 0.29) is 30.1 Å². The summed E-state index contributed by atoms with van der Waals surface area (Å²) in [6, 6.07) is 10.3. The molecular formula is C26H25F3N6O3. The van der Waals surface area contributed by atoms with Crippen molar-refractivity contribution in [3.8, 4) is 22.7 Å². The van der Waals surface area contributed by atoms with Crippen molar-refractivity contribution in [2.24, 2.45) is 0 Å². The average Bonchev–Trinajstić information content (AvgIpc) is 3.39. The van der Waals surface area contributed by atoms with E-state index >= 15 is 0 Å². The van der Waals surface area contributed by atoms with E-state index in [0.717, 1.165) is 11.6 Å². The second kappa shape index (κ2) is 11.3. The molecule has 0 fully saturated rings. The number of hydrogen-bond donors (Lipinski definition) is 2. The molecule has 0 aliphatic heterocycles. The Bertz CT molecular complexity index is 1440. The molecule has 0 saturated carbocycles. The fraction of sp³-hybridized carbons (Fsp3) is 0.231. The van der Waals surface area contributed by atoms with Gasteiger partial charge in [0.15, 0.2) is 0 Å². The number of rotatable bonds is 9. The maximum atomic E-state index is 13.6. The third-order valence-electron chi connectivity index (χ3n) is 5.66. The summed E-state index contributed by atoms with van der Waals surface area (Å²) < 4.78 is 52.5. The highest BCUT2D eigenvalue weighted by Gasteiger charge is 2.34. The summed E-state index contributed by atoms with van der Waals surface area (Å²) in [5, 5.41) is 13.6. The van der Waals surface area contributed by atoms with Crippen LogP contribution in [0.5, 0.6) is 5.75 Å². The van der Waals surface area contributed by atoms with Crippen molar-refractivity contribution < 1.29 is 27.4 Å². The standard InChI is InChI=1S/C26H25F3N6O3/c1-16-4-5-17(11-24(16)35-15-23(33-34-35)18-10-20(38-3)14-30-13-18)25(36)32-19-6-7-22(31-8-9-37-2)21(12-19)26(27,28)29/h4-7,10-15,31H,8-9H2,1-3H3,(H,32,36). The molecule has 4 aromatic rings. The first-order valence-electron chi connectivity index (χ1n) is 11.5. The van der Waals surface area contributed by atoms with Crippen LogP contribution in [-0.2, 0) is 10.9 Å². The van der Waals surface area contributed by atoms with Gasteiger partial charge in [-0.25, -0.2) is 4.68 Å². The Balaban J connectivity index is 1.57. The summed E-state index contributed by atoms with van der Waals surface area (Å²) in [4.78, 5) is 17.1. The van der Waals surface area contributed by atoms with E-state index in [1.165, 1.54) is 31.0 Å². The normalized spacial score (nSPS) is 11.3. The lowest BCUT2D eigenvalue weighted by Gasteiger charge is -2.16. The number of amides is 1. The number of ether oxygens (including phenoxy) is 2. The molecule has 0 spiro atoms. The summed E-state index contributed by atoms with van der Waals surface area (Å²) in [5.74, 6) is -0.00355. The third kappa shape index (κ3) is 6.09. The zero-order valence-corrected chi connectivity index (χ0v) is 20.8. The number of alkyl halides is 3. The van der Waals surface area contributed by atoms with Gasteiger partial charge in [-0.1, -0.05) is 11.3 Å². The average molecular weight is 527 g/mol. The van der Waals surface area contributed by atoms with Crippen LogP contribution in [0, 0.1) is 6.92 Å². The number of hydrogen-bond acceptors (Lipinski definition) is 7. The monoisotopic (exact) mass is 526 g/mol. The minimum Gasteiger partial charge on any atom is -0.495 e. The minimum absolute atomic E-state index is 0.00954. The van der Waals surface area contributed by atoms with E-state index in [0.29, 0.717) is 22.7 Å². The van der Waals surface area contributed by atoms with Crippen molar-refractivity contribution in [1.29, 1.82) is 0 Å². The van der Waals surface area contributed by atoms with Crippen LogP contribution in [0.15, 0.2) is 61.1 Å². The van der Waals surface area contributed by atoms with Gasteiger partial charge in [0.2, 0.25) is 0 Å². The Morgan fingerprint density at radius 1 is 1.08 bits per heavy atom. The van der Waals surface area contributed by atoms with Gasteiger partial charge in [-0.05, 0) is 48.9 Å². The first-order chi connectivity index (χ1) is 18.2. The molecule has 0 aliphatic rings. The van der Waals surface area contributed by atoms with Crippen molar-refractivity contribution in [2.75, 3.05) is 38.0 Å². The maximum absolute atomic E-state index is 13.6. The van der Waals surface area contributed by atoms with Gasteiger partial charge in [-0.3, -0.25) is 9.78 Å². The number of carbonyl (C=O) groups is 1. The molecule has 0 saturated heterocycles. The predicted molar refractivity (Wildman–Crippen MR) is 136 cm³/mol. The third-order valence-corrected chi connectivity index (χ3v) is 5.66. The number of nitrogens with one attached hydrogen (secondary N) is 2. The van der Waals surface area contributed by atoms with Gasteiger partial charge in [0, 0.05) is 42.4 Å². The lowest BCUT2D eigenvalue weighted by Crippen LogP contribution is -2.16. The Morgan fingerprint density at radius 2 is 1.89 bits per heavy atom. The molecule has 0 bridgehead atoms. The van der Waals surface area contributed by atoms with Crippen LogP contribution in [0.1, 0.15) is 21.5 Å². The second-order valence-corrected chi connectivity index (χ2v) is 8.29. The van der Waals surface area contributed by atoms with E-state index in [4.69, 9.17) is 9.47 Å². The summed E-state index contributed by atoms with van der Waals surface area (Å²) in [6.45, 7) is 2.29. The number of methoxy groups -OCH3 is 2. The lowest BCUT2D eigenvalue weighted by molar-refractivity contribution is -0.136. The van der Waals surface area contributed by atoms with E-state index in [1.54, 1.807) is 42.9 Å². The highest BCUT2D eigenvalue weighted by Crippen LogP contribution is 2.36. The molecule has 2 aromatic carbocycles. The summed E-state index contributed by atoms with van der Waals surface area (Å²) in [6.07, 6.45) is 0.270. The van der Waals surface area contributed by atoms with Crippen LogP contribution < -0.4 is 15.4 Å². The Hall–Kier alpha value is -4.45. The van der Waals surface area contributed by atoms with Crippen LogP contribution in [0.25, 0.3) is 16.9 Å². The van der Waals surface area contributed by atoms with Gasteiger partial charge in [0.25, 0.3) is 5.91 Å². The number of benzene rings is 2. The summed E-state index contributed by atoms with van der Waals surface area (Å²) in [7, 11) is 3.00. The Labute approximate surface area is 216 Å². The van der Waals surface area contributed by atoms with Gasteiger partial charge in [0.1, 0.15) is 11.4 Å². The van der Waals surface area contributed by atoms with Crippen molar-refractivity contribution in [1.82, 2.24) is 20.0 Å². The Morgan fingerprint density at radius 3 is 2.63 bits per heavy atom. The van der Waals surface area contributed by atoms with E-state index in [2.05, 4.69) is 25.9 Å². The van der Waals surface area contributed by atoms with Crippen LogP contribution in [0.4, 0.5) is 24.5 Å². The van der Waals surface area contributed by atoms with Crippen molar-refractivity contribution >= 4 is 17.3 Å². The molecule has 9 nitrogen and oxygen atoms in total. The highest BCUT2D eigenvalue weighted by atomic mass is 19.4. The SMILES string of the molecule is COCCNc1ccc(NC(=O)c2ccc(C)c(-n3cc(-c4cncc(OC)c4)nn3)c2)cc1C(F)(F)F. The molecule has 0 radical (unpaired) electrons. The fourth-order valence-electron chi connectivity index (χ4n) is 3.68. The van der Waals surface area contributed by atoms with Crippen molar-refractivity contribution in [2.45, 2.75) is 13.1 Å². The molecule has 0 unspecified atom stereocenters.